The fourth-order valence-electron chi connectivity index (χ4n) is 3.24. The van der Waals surface area contributed by atoms with Crippen LogP contribution in [0.5, 0.6) is 0 Å². The lowest BCUT2D eigenvalue weighted by Gasteiger charge is -2.28. The number of hydrazine groups is 1. The highest BCUT2D eigenvalue weighted by molar-refractivity contribution is 8.14. The van der Waals surface area contributed by atoms with Gasteiger partial charge in [0, 0.05) is 21.4 Å². The van der Waals surface area contributed by atoms with Crippen molar-refractivity contribution in [3.63, 3.8) is 0 Å². The van der Waals surface area contributed by atoms with E-state index in [9.17, 15) is 26.4 Å². The van der Waals surface area contributed by atoms with Crippen LogP contribution in [0.2, 0.25) is 0 Å². The number of anilines is 2. The van der Waals surface area contributed by atoms with Crippen molar-refractivity contribution in [1.82, 2.24) is 0 Å². The molecule has 31 heavy (non-hydrogen) atoms. The van der Waals surface area contributed by atoms with E-state index in [1.54, 1.807) is 0 Å². The molecular formula is C19H18Cl2N2O6S2. The third-order valence-corrected chi connectivity index (χ3v) is 7.53. The number of nitrogens with zero attached hydrogens (tertiary/aromatic N) is 2. The number of carbonyl (C=O) groups excluding carboxylic acids is 2. The van der Waals surface area contributed by atoms with E-state index in [-0.39, 0.29) is 21.2 Å². The molecule has 1 fully saturated rings. The Morgan fingerprint density at radius 3 is 1.39 bits per heavy atom. The number of halogens is 2. The summed E-state index contributed by atoms with van der Waals surface area (Å²) >= 11 is 0. The van der Waals surface area contributed by atoms with Gasteiger partial charge >= 0.3 is 0 Å². The Morgan fingerprint density at radius 2 is 1.10 bits per heavy atom. The van der Waals surface area contributed by atoms with Crippen LogP contribution >= 0.6 is 21.4 Å². The Balaban J connectivity index is 2.06. The van der Waals surface area contributed by atoms with Gasteiger partial charge < -0.3 is 0 Å². The molecule has 1 aliphatic rings. The number of amides is 2. The lowest BCUT2D eigenvalue weighted by Crippen LogP contribution is -2.41. The van der Waals surface area contributed by atoms with Crippen LogP contribution in [0.1, 0.15) is 26.2 Å². The minimum Gasteiger partial charge on any atom is -0.272 e. The highest BCUT2D eigenvalue weighted by Crippen LogP contribution is 2.35. The molecule has 0 aromatic heterocycles. The van der Waals surface area contributed by atoms with Gasteiger partial charge in [-0.2, -0.15) is 0 Å². The monoisotopic (exact) mass is 504 g/mol. The van der Waals surface area contributed by atoms with Gasteiger partial charge in [-0.1, -0.05) is 19.8 Å². The summed E-state index contributed by atoms with van der Waals surface area (Å²) < 4.78 is 46.0. The molecule has 0 N–H and O–H groups in total. The lowest BCUT2D eigenvalue weighted by atomic mass is 10.0. The summed E-state index contributed by atoms with van der Waals surface area (Å²) in [5.41, 5.74) is 0.519. The second-order valence-corrected chi connectivity index (χ2v) is 12.0. The van der Waals surface area contributed by atoms with E-state index in [1.165, 1.54) is 48.5 Å². The Labute approximate surface area is 189 Å². The predicted molar refractivity (Wildman–Crippen MR) is 117 cm³/mol. The van der Waals surface area contributed by atoms with Crippen LogP contribution in [0, 0.1) is 5.92 Å². The van der Waals surface area contributed by atoms with Gasteiger partial charge in [-0.3, -0.25) is 9.59 Å². The zero-order valence-electron chi connectivity index (χ0n) is 16.2. The maximum atomic E-state index is 13.1. The molecule has 1 saturated heterocycles. The topological polar surface area (TPSA) is 109 Å². The molecule has 2 aromatic rings. The molecule has 166 valence electrons. The number of benzene rings is 2. The maximum absolute atomic E-state index is 13.1. The first-order valence-electron chi connectivity index (χ1n) is 9.22. The summed E-state index contributed by atoms with van der Waals surface area (Å²) in [7, 11) is 2.78. The smallest absolute Gasteiger partial charge is 0.261 e. The zero-order chi connectivity index (χ0) is 23.0. The van der Waals surface area contributed by atoms with Crippen LogP contribution in [0.25, 0.3) is 0 Å². The number of carbonyl (C=O) groups is 2. The molecule has 0 spiro atoms. The van der Waals surface area contributed by atoms with Crippen molar-refractivity contribution >= 4 is 62.7 Å². The minimum absolute atomic E-state index is 0.151. The van der Waals surface area contributed by atoms with E-state index in [0.29, 0.717) is 12.8 Å². The molecule has 0 aliphatic carbocycles. The van der Waals surface area contributed by atoms with E-state index < -0.39 is 35.8 Å². The number of hydrogen-bond donors (Lipinski definition) is 0. The first-order chi connectivity index (χ1) is 14.4. The van der Waals surface area contributed by atoms with E-state index in [0.717, 1.165) is 16.4 Å². The Bertz CT molecular complexity index is 1120. The molecule has 2 amide bonds. The molecule has 0 saturated carbocycles. The van der Waals surface area contributed by atoms with Crippen LogP contribution in [0.3, 0.4) is 0 Å². The average Bonchev–Trinajstić information content (AvgIpc) is 2.95. The third-order valence-electron chi connectivity index (χ3n) is 4.79. The fraction of sp³-hybridized carbons (Fsp3) is 0.263. The molecule has 8 nitrogen and oxygen atoms in total. The van der Waals surface area contributed by atoms with Crippen LogP contribution < -0.4 is 10.0 Å². The summed E-state index contributed by atoms with van der Waals surface area (Å²) in [4.78, 5) is 25.9. The Kier molecular flexibility index (Phi) is 6.66. The Hall–Kier alpha value is -2.14. The van der Waals surface area contributed by atoms with Gasteiger partial charge in [0.25, 0.3) is 29.9 Å². The van der Waals surface area contributed by atoms with Crippen LogP contribution in [0.15, 0.2) is 58.3 Å². The number of rotatable bonds is 7. The molecular weight excluding hydrogens is 487 g/mol. The largest absolute Gasteiger partial charge is 0.272 e. The zero-order valence-corrected chi connectivity index (χ0v) is 19.4. The van der Waals surface area contributed by atoms with Gasteiger partial charge in [-0.05, 0) is 55.0 Å². The predicted octanol–water partition coefficient (Wildman–Crippen LogP) is 3.64. The van der Waals surface area contributed by atoms with Crippen molar-refractivity contribution < 1.29 is 26.4 Å². The van der Waals surface area contributed by atoms with Crippen molar-refractivity contribution in [3.05, 3.63) is 48.5 Å². The van der Waals surface area contributed by atoms with Crippen molar-refractivity contribution in [2.75, 3.05) is 10.0 Å². The SMILES string of the molecule is CCCCC1C(=O)N(c2ccc(S(=O)(=O)Cl)cc2)N(c2ccc(S(=O)(=O)Cl)cc2)C1=O. The van der Waals surface area contributed by atoms with Gasteiger partial charge in [0.15, 0.2) is 0 Å². The van der Waals surface area contributed by atoms with E-state index in [1.807, 2.05) is 6.92 Å². The fourth-order valence-corrected chi connectivity index (χ4v) is 4.78. The van der Waals surface area contributed by atoms with Crippen molar-refractivity contribution in [1.29, 1.82) is 0 Å². The molecule has 12 heteroatoms. The number of hydrogen-bond acceptors (Lipinski definition) is 6. The standard InChI is InChI=1S/C19H18Cl2N2O6S2/c1-2-3-4-17-18(24)22(13-5-9-15(10-6-13)30(20,26)27)23(19(17)25)14-7-11-16(12-8-14)31(21,28)29/h5-12,17H,2-4H2,1H3. The lowest BCUT2D eigenvalue weighted by molar-refractivity contribution is -0.127. The van der Waals surface area contributed by atoms with Crippen LogP contribution in [-0.2, 0) is 27.7 Å². The summed E-state index contributed by atoms with van der Waals surface area (Å²) in [5.74, 6) is -1.84. The second-order valence-electron chi connectivity index (χ2n) is 6.86. The summed E-state index contributed by atoms with van der Waals surface area (Å²) in [5, 5.41) is 2.30. The van der Waals surface area contributed by atoms with Crippen LogP contribution in [-0.4, -0.2) is 28.6 Å². The van der Waals surface area contributed by atoms with E-state index >= 15 is 0 Å². The molecule has 1 heterocycles. The first kappa shape index (κ1) is 23.5. The third kappa shape index (κ3) is 4.87. The summed E-state index contributed by atoms with van der Waals surface area (Å²) in [6.45, 7) is 1.94. The minimum atomic E-state index is -3.96. The van der Waals surface area contributed by atoms with Crippen molar-refractivity contribution in [2.45, 2.75) is 36.0 Å². The molecule has 3 rings (SSSR count). The van der Waals surface area contributed by atoms with Crippen molar-refractivity contribution in [3.8, 4) is 0 Å². The first-order valence-corrected chi connectivity index (χ1v) is 13.8. The average molecular weight is 505 g/mol. The molecule has 0 unspecified atom stereocenters. The van der Waals surface area contributed by atoms with Gasteiger partial charge in [-0.15, -0.1) is 0 Å². The second kappa shape index (κ2) is 8.78. The van der Waals surface area contributed by atoms with E-state index in [2.05, 4.69) is 0 Å². The van der Waals surface area contributed by atoms with Crippen LogP contribution in [0.4, 0.5) is 11.4 Å². The molecule has 0 atom stereocenters. The molecule has 0 radical (unpaired) electrons. The van der Waals surface area contributed by atoms with Gasteiger partial charge in [0.1, 0.15) is 5.92 Å². The Morgan fingerprint density at radius 1 is 0.742 bits per heavy atom. The highest BCUT2D eigenvalue weighted by atomic mass is 35.7. The molecule has 1 aliphatic heterocycles. The highest BCUT2D eigenvalue weighted by Gasteiger charge is 2.46. The molecule has 0 bridgehead atoms. The summed E-state index contributed by atoms with van der Waals surface area (Å²) in [6, 6.07) is 10.4. The summed E-state index contributed by atoms with van der Waals surface area (Å²) in [6.07, 6.45) is 1.81. The van der Waals surface area contributed by atoms with Gasteiger partial charge in [0.2, 0.25) is 0 Å². The number of unbranched alkanes of at least 4 members (excludes halogenated alkanes) is 1. The van der Waals surface area contributed by atoms with Gasteiger partial charge in [0.05, 0.1) is 21.2 Å². The maximum Gasteiger partial charge on any atom is 0.261 e. The van der Waals surface area contributed by atoms with E-state index in [4.69, 9.17) is 21.4 Å². The normalized spacial score (nSPS) is 15.7. The van der Waals surface area contributed by atoms with Gasteiger partial charge in [-0.25, -0.2) is 26.9 Å². The molecule has 2 aromatic carbocycles. The van der Waals surface area contributed by atoms with Crippen molar-refractivity contribution in [2.24, 2.45) is 5.92 Å². The quantitative estimate of drug-likeness (QED) is 0.420.